The Kier molecular flexibility index (Phi) is 2.58. The van der Waals surface area contributed by atoms with Crippen molar-refractivity contribution in [3.8, 4) is 0 Å². The van der Waals surface area contributed by atoms with Crippen LogP contribution in [0.15, 0.2) is 12.3 Å². The van der Waals surface area contributed by atoms with Gasteiger partial charge >= 0.3 is 0 Å². The summed E-state index contributed by atoms with van der Waals surface area (Å²) in [6, 6.07) is 0. The average Bonchev–Trinajstić information content (AvgIpc) is 2.34. The van der Waals surface area contributed by atoms with Crippen LogP contribution in [0.25, 0.3) is 0 Å². The molecule has 0 saturated heterocycles. The van der Waals surface area contributed by atoms with Crippen molar-refractivity contribution < 1.29 is 9.84 Å². The Hall–Kier alpha value is -0.500. The fourth-order valence-electron chi connectivity index (χ4n) is 0.934. The van der Waals surface area contributed by atoms with Crippen molar-refractivity contribution in [2.24, 2.45) is 5.92 Å². The topological polar surface area (TPSA) is 29.5 Å². The molecule has 1 aliphatic rings. The predicted molar refractivity (Wildman–Crippen MR) is 34.9 cm³/mol. The first-order valence-corrected chi connectivity index (χ1v) is 3.32. The highest BCUT2D eigenvalue weighted by atomic mass is 16.5. The lowest BCUT2D eigenvalue weighted by Gasteiger charge is -2.02. The van der Waals surface area contributed by atoms with Crippen molar-refractivity contribution >= 4 is 0 Å². The summed E-state index contributed by atoms with van der Waals surface area (Å²) in [7, 11) is 0. The third-order valence-electron chi connectivity index (χ3n) is 1.49. The van der Waals surface area contributed by atoms with Gasteiger partial charge in [0.1, 0.15) is 0 Å². The number of hydrogen-bond acceptors (Lipinski definition) is 2. The van der Waals surface area contributed by atoms with E-state index >= 15 is 0 Å². The minimum absolute atomic E-state index is 0.296. The summed E-state index contributed by atoms with van der Waals surface area (Å²) in [5, 5.41) is 8.46. The molecule has 0 saturated carbocycles. The molecule has 0 aromatic carbocycles. The van der Waals surface area contributed by atoms with Crippen LogP contribution >= 0.6 is 0 Å². The number of aliphatic hydroxyl groups excluding tert-OH is 1. The van der Waals surface area contributed by atoms with Gasteiger partial charge in [-0.2, -0.15) is 0 Å². The molecule has 0 amide bonds. The van der Waals surface area contributed by atoms with Crippen molar-refractivity contribution in [2.45, 2.75) is 12.8 Å². The third-order valence-corrected chi connectivity index (χ3v) is 1.49. The van der Waals surface area contributed by atoms with E-state index in [-0.39, 0.29) is 0 Å². The van der Waals surface area contributed by atoms with Gasteiger partial charge in [-0.1, -0.05) is 0 Å². The summed E-state index contributed by atoms with van der Waals surface area (Å²) < 4.78 is 4.99. The molecule has 52 valence electrons. The van der Waals surface area contributed by atoms with Crippen LogP contribution in [0, 0.1) is 5.92 Å². The first-order valence-electron chi connectivity index (χ1n) is 3.32. The van der Waals surface area contributed by atoms with Gasteiger partial charge < -0.3 is 9.84 Å². The Balaban J connectivity index is 2.05. The largest absolute Gasteiger partial charge is 0.501 e. The number of aliphatic hydroxyl groups is 1. The summed E-state index contributed by atoms with van der Waals surface area (Å²) in [5.74, 6) is 0.553. The molecule has 1 N–H and O–H groups in total. The van der Waals surface area contributed by atoms with Crippen molar-refractivity contribution in [2.75, 3.05) is 13.2 Å². The Labute approximate surface area is 55.1 Å². The van der Waals surface area contributed by atoms with E-state index in [1.165, 1.54) is 0 Å². The Bertz CT molecular complexity index is 99.1. The normalized spacial score (nSPS) is 24.3. The van der Waals surface area contributed by atoms with Gasteiger partial charge in [0.15, 0.2) is 0 Å². The standard InChI is InChI=1S/C7H12O2/c8-4-1-2-7-3-5-9-6-7/h3,5,7-8H,1-2,4,6H2. The molecular formula is C7H12O2. The molecule has 0 fully saturated rings. The molecule has 0 spiro atoms. The monoisotopic (exact) mass is 128 g/mol. The second kappa shape index (κ2) is 3.51. The first kappa shape index (κ1) is 6.62. The van der Waals surface area contributed by atoms with Gasteiger partial charge in [-0.05, 0) is 18.9 Å². The van der Waals surface area contributed by atoms with E-state index in [2.05, 4.69) is 6.08 Å². The first-order chi connectivity index (χ1) is 4.43. The molecule has 2 heteroatoms. The molecule has 1 unspecified atom stereocenters. The number of rotatable bonds is 3. The van der Waals surface area contributed by atoms with Crippen LogP contribution in [-0.4, -0.2) is 18.3 Å². The molecule has 0 radical (unpaired) electrons. The highest BCUT2D eigenvalue weighted by Crippen LogP contribution is 2.13. The molecule has 9 heavy (non-hydrogen) atoms. The maximum absolute atomic E-state index is 8.46. The van der Waals surface area contributed by atoms with E-state index in [4.69, 9.17) is 9.84 Å². The molecule has 1 aliphatic heterocycles. The summed E-state index contributed by atoms with van der Waals surface area (Å²) in [5.41, 5.74) is 0. The van der Waals surface area contributed by atoms with Crippen LogP contribution in [0.2, 0.25) is 0 Å². The maximum Gasteiger partial charge on any atom is 0.0936 e. The molecule has 2 nitrogen and oxygen atoms in total. The molecule has 1 atom stereocenters. The molecule has 0 bridgehead atoms. The molecule has 1 heterocycles. The van der Waals surface area contributed by atoms with Gasteiger partial charge in [0.05, 0.1) is 12.9 Å². The van der Waals surface area contributed by atoms with Crippen molar-refractivity contribution in [3.05, 3.63) is 12.3 Å². The quantitative estimate of drug-likeness (QED) is 0.612. The van der Waals surface area contributed by atoms with Gasteiger partial charge in [-0.15, -0.1) is 0 Å². The van der Waals surface area contributed by atoms with Crippen molar-refractivity contribution in [3.63, 3.8) is 0 Å². The van der Waals surface area contributed by atoms with Crippen LogP contribution in [0.1, 0.15) is 12.8 Å². The molecule has 1 rings (SSSR count). The third kappa shape index (κ3) is 2.06. The van der Waals surface area contributed by atoms with Gasteiger partial charge in [0, 0.05) is 12.5 Å². The molecule has 0 aromatic heterocycles. The highest BCUT2D eigenvalue weighted by Gasteiger charge is 2.08. The summed E-state index contributed by atoms with van der Waals surface area (Å²) in [4.78, 5) is 0. The van der Waals surface area contributed by atoms with E-state index in [9.17, 15) is 0 Å². The zero-order valence-corrected chi connectivity index (χ0v) is 5.42. The minimum atomic E-state index is 0.296. The minimum Gasteiger partial charge on any atom is -0.501 e. The summed E-state index contributed by atoms with van der Waals surface area (Å²) >= 11 is 0. The highest BCUT2D eigenvalue weighted by molar-refractivity contribution is 4.88. The van der Waals surface area contributed by atoms with Gasteiger partial charge in [0.2, 0.25) is 0 Å². The fourth-order valence-corrected chi connectivity index (χ4v) is 0.934. The lowest BCUT2D eigenvalue weighted by molar-refractivity contribution is 0.229. The van der Waals surface area contributed by atoms with E-state index in [0.29, 0.717) is 12.5 Å². The van der Waals surface area contributed by atoms with Crippen LogP contribution in [-0.2, 0) is 4.74 Å². The van der Waals surface area contributed by atoms with Crippen LogP contribution in [0.5, 0.6) is 0 Å². The molecule has 0 aliphatic carbocycles. The Morgan fingerprint density at radius 1 is 1.67 bits per heavy atom. The Morgan fingerprint density at radius 3 is 3.11 bits per heavy atom. The van der Waals surface area contributed by atoms with E-state index in [1.54, 1.807) is 6.26 Å². The zero-order chi connectivity index (χ0) is 6.53. The lowest BCUT2D eigenvalue weighted by Crippen LogP contribution is -1.99. The lowest BCUT2D eigenvalue weighted by atomic mass is 10.1. The number of ether oxygens (including phenoxy) is 1. The van der Waals surface area contributed by atoms with Crippen molar-refractivity contribution in [1.29, 1.82) is 0 Å². The fraction of sp³-hybridized carbons (Fsp3) is 0.714. The predicted octanol–water partition coefficient (Wildman–Crippen LogP) is 0.919. The molecular weight excluding hydrogens is 116 g/mol. The van der Waals surface area contributed by atoms with Gasteiger partial charge in [0.25, 0.3) is 0 Å². The second-order valence-corrected chi connectivity index (χ2v) is 2.29. The molecule has 0 aromatic rings. The van der Waals surface area contributed by atoms with E-state index < -0.39 is 0 Å². The Morgan fingerprint density at radius 2 is 2.56 bits per heavy atom. The van der Waals surface area contributed by atoms with Gasteiger partial charge in [-0.25, -0.2) is 0 Å². The number of hydrogen-bond donors (Lipinski definition) is 1. The summed E-state index contributed by atoms with van der Waals surface area (Å²) in [6.45, 7) is 1.10. The van der Waals surface area contributed by atoms with E-state index in [0.717, 1.165) is 19.4 Å². The summed E-state index contributed by atoms with van der Waals surface area (Å²) in [6.07, 6.45) is 5.73. The van der Waals surface area contributed by atoms with E-state index in [1.807, 2.05) is 0 Å². The van der Waals surface area contributed by atoms with Crippen LogP contribution < -0.4 is 0 Å². The smallest absolute Gasteiger partial charge is 0.0936 e. The SMILES string of the molecule is OCCCC1C=COC1. The second-order valence-electron chi connectivity index (χ2n) is 2.29. The maximum atomic E-state index is 8.46. The van der Waals surface area contributed by atoms with Crippen LogP contribution in [0.4, 0.5) is 0 Å². The van der Waals surface area contributed by atoms with Crippen LogP contribution in [0.3, 0.4) is 0 Å². The zero-order valence-electron chi connectivity index (χ0n) is 5.42. The van der Waals surface area contributed by atoms with Crippen molar-refractivity contribution in [1.82, 2.24) is 0 Å². The average molecular weight is 128 g/mol. The van der Waals surface area contributed by atoms with Gasteiger partial charge in [-0.3, -0.25) is 0 Å².